The lowest BCUT2D eigenvalue weighted by atomic mass is 9.77. The molecule has 1 saturated heterocycles. The predicted octanol–water partition coefficient (Wildman–Crippen LogP) is 6.33. The first-order chi connectivity index (χ1) is 15.9. The van der Waals surface area contributed by atoms with Gasteiger partial charge in [-0.05, 0) is 51.8 Å². The molecule has 34 heavy (non-hydrogen) atoms. The summed E-state index contributed by atoms with van der Waals surface area (Å²) in [5.41, 5.74) is 1.19. The van der Waals surface area contributed by atoms with E-state index in [2.05, 4.69) is 24.8 Å². The highest BCUT2D eigenvalue weighted by atomic mass is 19.4. The molecule has 0 aromatic heterocycles. The lowest BCUT2D eigenvalue weighted by molar-refractivity contribution is -0.137. The van der Waals surface area contributed by atoms with Crippen molar-refractivity contribution in [1.82, 2.24) is 4.90 Å². The van der Waals surface area contributed by atoms with Gasteiger partial charge in [-0.15, -0.1) is 0 Å². The number of hydrogen-bond acceptors (Lipinski definition) is 4. The van der Waals surface area contributed by atoms with E-state index in [1.54, 1.807) is 6.07 Å². The van der Waals surface area contributed by atoms with E-state index in [0.29, 0.717) is 30.9 Å². The number of ether oxygens (including phenoxy) is 3. The first kappa shape index (κ1) is 23.5. The van der Waals surface area contributed by atoms with Crippen LogP contribution < -0.4 is 9.47 Å². The van der Waals surface area contributed by atoms with Crippen molar-refractivity contribution in [2.24, 2.45) is 0 Å². The van der Waals surface area contributed by atoms with Crippen LogP contribution in [0.25, 0.3) is 0 Å². The highest BCUT2D eigenvalue weighted by molar-refractivity contribution is 5.54. The first-order valence-corrected chi connectivity index (χ1v) is 12.0. The average Bonchev–Trinajstić information content (AvgIpc) is 2.76. The molecule has 0 amide bonds. The minimum Gasteiger partial charge on any atom is -0.487 e. The Morgan fingerprint density at radius 2 is 1.50 bits per heavy atom. The molecule has 2 unspecified atom stereocenters. The van der Waals surface area contributed by atoms with Gasteiger partial charge >= 0.3 is 6.18 Å². The van der Waals surface area contributed by atoms with E-state index in [4.69, 9.17) is 14.2 Å². The van der Waals surface area contributed by atoms with Gasteiger partial charge in [0.15, 0.2) is 0 Å². The molecule has 0 saturated carbocycles. The van der Waals surface area contributed by atoms with Gasteiger partial charge in [0.05, 0.1) is 18.8 Å². The number of morpholine rings is 1. The average molecular weight is 476 g/mol. The Bertz CT molecular complexity index is 1070. The Kier molecular flexibility index (Phi) is 5.64. The second kappa shape index (κ2) is 8.16. The molecule has 3 aliphatic heterocycles. The van der Waals surface area contributed by atoms with Crippen LogP contribution in [0.3, 0.4) is 0 Å². The van der Waals surface area contributed by atoms with Crippen molar-refractivity contribution in [3.8, 4) is 11.5 Å². The van der Waals surface area contributed by atoms with E-state index in [1.807, 2.05) is 19.9 Å². The normalized spacial score (nSPS) is 26.1. The van der Waals surface area contributed by atoms with Gasteiger partial charge in [0, 0.05) is 48.7 Å². The van der Waals surface area contributed by atoms with Crippen LogP contribution in [0.15, 0.2) is 36.4 Å². The van der Waals surface area contributed by atoms with Gasteiger partial charge in [-0.2, -0.15) is 13.2 Å². The summed E-state index contributed by atoms with van der Waals surface area (Å²) < 4.78 is 58.8. The van der Waals surface area contributed by atoms with Crippen LogP contribution in [0.1, 0.15) is 74.8 Å². The fourth-order valence-electron chi connectivity index (χ4n) is 5.60. The molecule has 1 fully saturated rings. The molecular formula is C27H32F3NO3. The van der Waals surface area contributed by atoms with E-state index in [0.717, 1.165) is 42.5 Å². The number of nitrogens with zero attached hydrogens (tertiary/aromatic N) is 1. The van der Waals surface area contributed by atoms with Crippen molar-refractivity contribution in [2.45, 2.75) is 69.9 Å². The number of alkyl halides is 3. The maximum absolute atomic E-state index is 13.5. The monoisotopic (exact) mass is 475 g/mol. The summed E-state index contributed by atoms with van der Waals surface area (Å²) >= 11 is 0. The summed E-state index contributed by atoms with van der Waals surface area (Å²) in [5.74, 6) is 1.29. The molecule has 0 bridgehead atoms. The van der Waals surface area contributed by atoms with Crippen molar-refractivity contribution in [2.75, 3.05) is 26.3 Å². The molecule has 184 valence electrons. The largest absolute Gasteiger partial charge is 0.487 e. The highest BCUT2D eigenvalue weighted by Crippen LogP contribution is 2.51. The molecular weight excluding hydrogens is 443 g/mol. The molecule has 2 atom stereocenters. The molecule has 2 aromatic carbocycles. The van der Waals surface area contributed by atoms with E-state index >= 15 is 0 Å². The fourth-order valence-corrected chi connectivity index (χ4v) is 5.60. The molecule has 7 heteroatoms. The van der Waals surface area contributed by atoms with Gasteiger partial charge in [-0.25, -0.2) is 0 Å². The Labute approximate surface area is 199 Å². The molecule has 3 heterocycles. The quantitative estimate of drug-likeness (QED) is 0.508. The zero-order valence-electron chi connectivity index (χ0n) is 20.2. The van der Waals surface area contributed by atoms with Crippen LogP contribution in [-0.2, 0) is 10.9 Å². The number of fused-ring (bicyclic) bond motifs is 2. The topological polar surface area (TPSA) is 30.9 Å². The second-order valence-corrected chi connectivity index (χ2v) is 10.9. The van der Waals surface area contributed by atoms with Crippen LogP contribution in [0, 0.1) is 0 Å². The van der Waals surface area contributed by atoms with Gasteiger partial charge < -0.3 is 14.2 Å². The molecule has 2 aromatic rings. The summed E-state index contributed by atoms with van der Waals surface area (Å²) in [6.07, 6.45) is -2.95. The van der Waals surface area contributed by atoms with E-state index in [-0.39, 0.29) is 17.6 Å². The zero-order valence-corrected chi connectivity index (χ0v) is 20.2. The van der Waals surface area contributed by atoms with E-state index < -0.39 is 17.3 Å². The molecule has 4 nitrogen and oxygen atoms in total. The lowest BCUT2D eigenvalue weighted by Crippen LogP contribution is -2.45. The smallest absolute Gasteiger partial charge is 0.416 e. The molecule has 0 spiro atoms. The maximum atomic E-state index is 13.5. The van der Waals surface area contributed by atoms with Crippen molar-refractivity contribution in [3.63, 3.8) is 0 Å². The van der Waals surface area contributed by atoms with Crippen LogP contribution in [0.2, 0.25) is 0 Å². The van der Waals surface area contributed by atoms with Gasteiger partial charge in [0.1, 0.15) is 22.7 Å². The van der Waals surface area contributed by atoms with Gasteiger partial charge in [-0.1, -0.05) is 18.2 Å². The van der Waals surface area contributed by atoms with Gasteiger partial charge in [-0.3, -0.25) is 4.90 Å². The van der Waals surface area contributed by atoms with E-state index in [1.165, 1.54) is 12.1 Å². The zero-order chi connectivity index (χ0) is 24.3. The molecule has 0 aliphatic carbocycles. The van der Waals surface area contributed by atoms with Gasteiger partial charge in [0.25, 0.3) is 0 Å². The predicted molar refractivity (Wildman–Crippen MR) is 124 cm³/mol. The van der Waals surface area contributed by atoms with Crippen molar-refractivity contribution in [3.05, 3.63) is 58.7 Å². The standard InChI is InChI=1S/C27H32F3NO3/c1-25(2)15-21(17-6-5-7-18(12-17)27(28,29)30)19-13-20-22(31-8-10-32-11-9-31)16-26(3,4)34-24(20)14-23(19)33-25/h5-7,12-14,21-22H,8-11,15-16H2,1-4H3. The van der Waals surface area contributed by atoms with Crippen LogP contribution >= 0.6 is 0 Å². The van der Waals surface area contributed by atoms with Crippen LogP contribution in [0.5, 0.6) is 11.5 Å². The molecule has 5 rings (SSSR count). The van der Waals surface area contributed by atoms with Crippen LogP contribution in [0.4, 0.5) is 13.2 Å². The summed E-state index contributed by atoms with van der Waals surface area (Å²) in [4.78, 5) is 2.44. The van der Waals surface area contributed by atoms with Crippen molar-refractivity contribution >= 4 is 0 Å². The number of hydrogen-bond donors (Lipinski definition) is 0. The summed E-state index contributed by atoms with van der Waals surface area (Å²) in [7, 11) is 0. The summed E-state index contributed by atoms with van der Waals surface area (Å²) in [5, 5.41) is 0. The second-order valence-electron chi connectivity index (χ2n) is 10.9. The lowest BCUT2D eigenvalue weighted by Gasteiger charge is -2.45. The Morgan fingerprint density at radius 1 is 0.853 bits per heavy atom. The summed E-state index contributed by atoms with van der Waals surface area (Å²) in [6.45, 7) is 11.2. The maximum Gasteiger partial charge on any atom is 0.416 e. The molecule has 0 N–H and O–H groups in total. The van der Waals surface area contributed by atoms with Crippen molar-refractivity contribution in [1.29, 1.82) is 0 Å². The SMILES string of the molecule is CC1(C)CC(c2cccc(C(F)(F)F)c2)c2cc3c(cc2O1)OC(C)(C)CC3N1CCOCC1. The Balaban J connectivity index is 1.62. The van der Waals surface area contributed by atoms with E-state index in [9.17, 15) is 13.2 Å². The van der Waals surface area contributed by atoms with Crippen LogP contribution in [-0.4, -0.2) is 42.4 Å². The first-order valence-electron chi connectivity index (χ1n) is 12.0. The molecule has 3 aliphatic rings. The third-order valence-corrected chi connectivity index (χ3v) is 7.13. The number of rotatable bonds is 2. The molecule has 0 radical (unpaired) electrons. The fraction of sp³-hybridized carbons (Fsp3) is 0.556. The third-order valence-electron chi connectivity index (χ3n) is 7.13. The van der Waals surface area contributed by atoms with Gasteiger partial charge in [0.2, 0.25) is 0 Å². The minimum atomic E-state index is -4.38. The number of halogens is 3. The Hall–Kier alpha value is -2.25. The van der Waals surface area contributed by atoms with Crippen molar-refractivity contribution < 1.29 is 27.4 Å². The number of benzene rings is 2. The Morgan fingerprint density at radius 3 is 2.18 bits per heavy atom. The summed E-state index contributed by atoms with van der Waals surface area (Å²) in [6, 6.07) is 9.95. The third kappa shape index (κ3) is 4.52. The highest BCUT2D eigenvalue weighted by Gasteiger charge is 2.42. The minimum absolute atomic E-state index is 0.157.